The van der Waals surface area contributed by atoms with Gasteiger partial charge in [-0.05, 0) is 18.4 Å². The first-order chi connectivity index (χ1) is 7.68. The third kappa shape index (κ3) is 5.66. The number of carboxylic acid groups (broad SMARTS) is 1. The monoisotopic (exact) mass is 240 g/mol. The molecule has 0 saturated carbocycles. The molecular formula is C12H16O3S. The number of aliphatic carboxylic acids is 1. The molecular weight excluding hydrogens is 224 g/mol. The summed E-state index contributed by atoms with van der Waals surface area (Å²) in [7, 11) is -0.995. The van der Waals surface area contributed by atoms with Crippen LogP contribution in [0.5, 0.6) is 0 Å². The van der Waals surface area contributed by atoms with Crippen LogP contribution < -0.4 is 0 Å². The van der Waals surface area contributed by atoms with Crippen LogP contribution in [0.15, 0.2) is 30.3 Å². The van der Waals surface area contributed by atoms with E-state index in [4.69, 9.17) is 5.11 Å². The normalized spacial score (nSPS) is 12.2. The summed E-state index contributed by atoms with van der Waals surface area (Å²) in [6.07, 6.45) is 1.74. The van der Waals surface area contributed by atoms with Gasteiger partial charge in [-0.1, -0.05) is 30.3 Å². The van der Waals surface area contributed by atoms with E-state index >= 15 is 0 Å². The van der Waals surface area contributed by atoms with Gasteiger partial charge in [0.1, 0.15) is 0 Å². The molecule has 16 heavy (non-hydrogen) atoms. The molecule has 0 spiro atoms. The Morgan fingerprint density at radius 3 is 2.50 bits per heavy atom. The molecule has 1 rings (SSSR count). The molecule has 4 heteroatoms. The van der Waals surface area contributed by atoms with E-state index in [1.807, 2.05) is 30.3 Å². The van der Waals surface area contributed by atoms with E-state index in [1.54, 1.807) is 0 Å². The second-order valence-corrected chi connectivity index (χ2v) is 5.28. The molecule has 0 aromatic heterocycles. The number of hydrogen-bond acceptors (Lipinski definition) is 2. The molecule has 1 unspecified atom stereocenters. The molecule has 0 radical (unpaired) electrons. The zero-order chi connectivity index (χ0) is 11.8. The van der Waals surface area contributed by atoms with Crippen molar-refractivity contribution in [3.8, 4) is 0 Å². The lowest BCUT2D eigenvalue weighted by atomic mass is 10.1. The Balaban J connectivity index is 2.16. The third-order valence-corrected chi connectivity index (χ3v) is 3.63. The molecule has 0 heterocycles. The average molecular weight is 240 g/mol. The van der Waals surface area contributed by atoms with Crippen molar-refractivity contribution in [3.63, 3.8) is 0 Å². The van der Waals surface area contributed by atoms with Crippen molar-refractivity contribution in [2.45, 2.75) is 19.3 Å². The molecule has 88 valence electrons. The van der Waals surface area contributed by atoms with Crippen LogP contribution in [0.2, 0.25) is 0 Å². The van der Waals surface area contributed by atoms with Gasteiger partial charge in [0.05, 0.1) is 6.42 Å². The lowest BCUT2D eigenvalue weighted by Gasteiger charge is -2.01. The van der Waals surface area contributed by atoms with Crippen molar-refractivity contribution >= 4 is 16.8 Å². The summed E-state index contributed by atoms with van der Waals surface area (Å²) in [6.45, 7) is 0. The molecule has 0 saturated heterocycles. The molecule has 0 fully saturated rings. The molecule has 3 nitrogen and oxygen atoms in total. The van der Waals surface area contributed by atoms with Gasteiger partial charge in [0, 0.05) is 22.3 Å². The van der Waals surface area contributed by atoms with Gasteiger partial charge in [-0.15, -0.1) is 0 Å². The molecule has 1 atom stereocenters. The molecule has 1 aromatic carbocycles. The highest BCUT2D eigenvalue weighted by Gasteiger charge is 2.03. The summed E-state index contributed by atoms with van der Waals surface area (Å²) in [5, 5.41) is 8.43. The summed E-state index contributed by atoms with van der Waals surface area (Å²) >= 11 is 0. The maximum Gasteiger partial charge on any atom is 0.304 e. The topological polar surface area (TPSA) is 54.4 Å². The highest BCUT2D eigenvalue weighted by molar-refractivity contribution is 7.84. The van der Waals surface area contributed by atoms with Crippen molar-refractivity contribution in [3.05, 3.63) is 35.9 Å². The lowest BCUT2D eigenvalue weighted by molar-refractivity contribution is -0.136. The first-order valence-corrected chi connectivity index (χ1v) is 6.78. The van der Waals surface area contributed by atoms with Crippen LogP contribution in [0.25, 0.3) is 0 Å². The van der Waals surface area contributed by atoms with Crippen LogP contribution in [0.1, 0.15) is 18.4 Å². The molecule has 0 bridgehead atoms. The number of carbonyl (C=O) groups is 1. The molecule has 0 aliphatic carbocycles. The lowest BCUT2D eigenvalue weighted by Crippen LogP contribution is -2.08. The van der Waals surface area contributed by atoms with E-state index < -0.39 is 16.8 Å². The largest absolute Gasteiger partial charge is 0.481 e. The number of hydrogen-bond donors (Lipinski definition) is 1. The van der Waals surface area contributed by atoms with Gasteiger partial charge in [-0.25, -0.2) is 0 Å². The molecule has 1 N–H and O–H groups in total. The van der Waals surface area contributed by atoms with Crippen LogP contribution >= 0.6 is 0 Å². The second-order valence-electron chi connectivity index (χ2n) is 3.58. The quantitative estimate of drug-likeness (QED) is 0.791. The highest BCUT2D eigenvalue weighted by Crippen LogP contribution is 2.03. The van der Waals surface area contributed by atoms with Crippen molar-refractivity contribution in [2.24, 2.45) is 0 Å². The van der Waals surface area contributed by atoms with Crippen molar-refractivity contribution < 1.29 is 14.1 Å². The van der Waals surface area contributed by atoms with Crippen LogP contribution in [-0.4, -0.2) is 26.8 Å². The van der Waals surface area contributed by atoms with Gasteiger partial charge in [0.15, 0.2) is 0 Å². The number of aryl methyl sites for hydroxylation is 1. The third-order valence-electron chi connectivity index (χ3n) is 2.22. The summed E-state index contributed by atoms with van der Waals surface area (Å²) in [6, 6.07) is 10.0. The minimum absolute atomic E-state index is 0.00204. The smallest absolute Gasteiger partial charge is 0.304 e. The van der Waals surface area contributed by atoms with Gasteiger partial charge in [0.25, 0.3) is 0 Å². The Morgan fingerprint density at radius 2 is 1.88 bits per heavy atom. The first-order valence-electron chi connectivity index (χ1n) is 5.29. The highest BCUT2D eigenvalue weighted by atomic mass is 32.2. The number of benzene rings is 1. The Morgan fingerprint density at radius 1 is 1.19 bits per heavy atom. The molecule has 0 aliphatic rings. The van der Waals surface area contributed by atoms with E-state index in [0.29, 0.717) is 5.75 Å². The van der Waals surface area contributed by atoms with Crippen molar-refractivity contribution in [1.29, 1.82) is 0 Å². The fourth-order valence-corrected chi connectivity index (χ4v) is 2.46. The van der Waals surface area contributed by atoms with Crippen molar-refractivity contribution in [2.75, 3.05) is 11.5 Å². The number of rotatable bonds is 7. The van der Waals surface area contributed by atoms with Crippen LogP contribution in [0.4, 0.5) is 0 Å². The van der Waals surface area contributed by atoms with Gasteiger partial charge in [-0.3, -0.25) is 9.00 Å². The average Bonchev–Trinajstić information content (AvgIpc) is 2.28. The first kappa shape index (κ1) is 12.9. The Labute approximate surface area is 98.0 Å². The summed E-state index contributed by atoms with van der Waals surface area (Å²) < 4.78 is 11.4. The van der Waals surface area contributed by atoms with E-state index in [2.05, 4.69) is 0 Å². The fourth-order valence-electron chi connectivity index (χ4n) is 1.39. The van der Waals surface area contributed by atoms with Gasteiger partial charge >= 0.3 is 5.97 Å². The number of carboxylic acids is 1. The van der Waals surface area contributed by atoms with E-state index in [1.165, 1.54) is 5.56 Å². The standard InChI is InChI=1S/C12H16O3S/c13-12(14)8-10-16(15)9-4-7-11-5-2-1-3-6-11/h1-3,5-6H,4,7-10H2,(H,13,14). The Bertz CT molecular complexity index is 349. The SMILES string of the molecule is O=C(O)CCS(=O)CCCc1ccccc1. The summed E-state index contributed by atoms with van der Waals surface area (Å²) in [5.74, 6) is -0.0249. The minimum Gasteiger partial charge on any atom is -0.481 e. The van der Waals surface area contributed by atoms with Gasteiger partial charge < -0.3 is 5.11 Å². The van der Waals surface area contributed by atoms with Gasteiger partial charge in [0.2, 0.25) is 0 Å². The maximum atomic E-state index is 11.4. The Hall–Kier alpha value is -1.16. The van der Waals surface area contributed by atoms with Gasteiger partial charge in [-0.2, -0.15) is 0 Å². The summed E-state index contributed by atoms with van der Waals surface area (Å²) in [5.41, 5.74) is 1.23. The fraction of sp³-hybridized carbons (Fsp3) is 0.417. The van der Waals surface area contributed by atoms with Crippen LogP contribution in [0.3, 0.4) is 0 Å². The van der Waals surface area contributed by atoms with E-state index in [-0.39, 0.29) is 12.2 Å². The maximum absolute atomic E-state index is 11.4. The molecule has 1 aromatic rings. The minimum atomic E-state index is -0.995. The predicted molar refractivity (Wildman–Crippen MR) is 64.9 cm³/mol. The van der Waals surface area contributed by atoms with Crippen molar-refractivity contribution in [1.82, 2.24) is 0 Å². The zero-order valence-electron chi connectivity index (χ0n) is 9.09. The molecule has 0 amide bonds. The zero-order valence-corrected chi connectivity index (χ0v) is 9.91. The predicted octanol–water partition coefficient (Wildman–Crippen LogP) is 1.84. The molecule has 0 aliphatic heterocycles. The second kappa shape index (κ2) is 7.17. The van der Waals surface area contributed by atoms with E-state index in [9.17, 15) is 9.00 Å². The van der Waals surface area contributed by atoms with E-state index in [0.717, 1.165) is 12.8 Å². The Kier molecular flexibility index (Phi) is 5.78. The summed E-state index contributed by atoms with van der Waals surface area (Å²) in [4.78, 5) is 10.3. The van der Waals surface area contributed by atoms with Crippen LogP contribution in [0, 0.1) is 0 Å². The van der Waals surface area contributed by atoms with Crippen LogP contribution in [-0.2, 0) is 22.0 Å².